The number of carbonyl (C=O) groups is 2. The van der Waals surface area contributed by atoms with E-state index in [1.165, 1.54) is 66.9 Å². The van der Waals surface area contributed by atoms with Crippen molar-refractivity contribution in [3.8, 4) is 17.2 Å². The molecule has 24 heteroatoms. The number of aromatic hydroxyl groups is 1. The summed E-state index contributed by atoms with van der Waals surface area (Å²) < 4.78 is 65.3. The maximum absolute atomic E-state index is 13.3. The summed E-state index contributed by atoms with van der Waals surface area (Å²) in [5, 5.41) is 71.7. The van der Waals surface area contributed by atoms with Crippen LogP contribution in [0, 0.1) is 0 Å². The first kappa shape index (κ1) is 46.3. The fraction of sp³-hybridized carbons (Fsp3) is 0.146. The lowest BCUT2D eigenvalue weighted by Crippen LogP contribution is -2.32. The highest BCUT2D eigenvalue weighted by Crippen LogP contribution is 2.53. The summed E-state index contributed by atoms with van der Waals surface area (Å²) in [6, 6.07) is 22.7. The number of anilines is 1. The molecule has 2 unspecified atom stereocenters. The van der Waals surface area contributed by atoms with Crippen LogP contribution in [0.25, 0.3) is 21.5 Å². The van der Waals surface area contributed by atoms with E-state index in [0.29, 0.717) is 22.3 Å². The topological polar surface area (TPSA) is 321 Å². The number of hydrogen-bond donors (Lipinski definition) is 8. The SMILES string of the molecule is CS(O)(O)c1c(N=Nc2cc(OCCO)c(N=Nc3c(S(=O)O)cc4cc(N=NC5C(=O)N(c6ccc(SO)cc6)N=C5C(=O)O)ccc4c3O)cc2OCCO)ccc2ccccc12. The first-order chi connectivity index (χ1) is 31.2. The van der Waals surface area contributed by atoms with Gasteiger partial charge in [0.25, 0.3) is 5.91 Å². The lowest BCUT2D eigenvalue weighted by molar-refractivity contribution is -0.130. The Morgan fingerprint density at radius 1 is 0.815 bits per heavy atom. The number of carboxylic acids is 1. The number of aliphatic hydroxyl groups excluding tert-OH is 2. The maximum atomic E-state index is 13.3. The quantitative estimate of drug-likeness (QED) is 0.0240. The van der Waals surface area contributed by atoms with Crippen molar-refractivity contribution in [2.45, 2.75) is 20.7 Å². The summed E-state index contributed by atoms with van der Waals surface area (Å²) in [6.45, 7) is -1.27. The van der Waals surface area contributed by atoms with Crippen LogP contribution < -0.4 is 14.5 Å². The molecular weight excluding hydrogens is 909 g/mol. The third kappa shape index (κ3) is 10.1. The number of ether oxygens (including phenoxy) is 2. The lowest BCUT2D eigenvalue weighted by atomic mass is 10.1. The molecule has 0 saturated heterocycles. The number of aliphatic hydroxyl groups is 2. The van der Waals surface area contributed by atoms with Crippen LogP contribution in [0.1, 0.15) is 0 Å². The van der Waals surface area contributed by atoms with E-state index in [1.54, 1.807) is 30.3 Å². The van der Waals surface area contributed by atoms with Crippen LogP contribution in [0.4, 0.5) is 34.1 Å². The number of azo groups is 3. The molecule has 0 bridgehead atoms. The molecule has 2 atom stereocenters. The van der Waals surface area contributed by atoms with Gasteiger partial charge in [0.15, 0.2) is 22.5 Å². The van der Waals surface area contributed by atoms with E-state index >= 15 is 0 Å². The van der Waals surface area contributed by atoms with E-state index < -0.39 is 74.8 Å². The van der Waals surface area contributed by atoms with Crippen molar-refractivity contribution in [3.63, 3.8) is 0 Å². The molecule has 21 nitrogen and oxygen atoms in total. The molecule has 0 spiro atoms. The molecule has 6 aromatic carbocycles. The Kier molecular flexibility index (Phi) is 14.2. The van der Waals surface area contributed by atoms with Gasteiger partial charge in [0.1, 0.15) is 47.5 Å². The second-order valence-electron chi connectivity index (χ2n) is 13.7. The van der Waals surface area contributed by atoms with Crippen molar-refractivity contribution in [3.05, 3.63) is 97.1 Å². The molecule has 65 heavy (non-hydrogen) atoms. The smallest absolute Gasteiger partial charge is 0.355 e. The van der Waals surface area contributed by atoms with Crippen LogP contribution in [0.15, 0.2) is 148 Å². The molecular formula is C41H36N8O13S3. The zero-order valence-electron chi connectivity index (χ0n) is 33.6. The summed E-state index contributed by atoms with van der Waals surface area (Å²) in [4.78, 5) is 25.5. The number of phenolic OH excluding ortho intramolecular Hbond substituents is 1. The Morgan fingerprint density at radius 2 is 1.46 bits per heavy atom. The number of aliphatic carboxylic acids is 1. The van der Waals surface area contributed by atoms with Crippen LogP contribution in [0.5, 0.6) is 17.2 Å². The van der Waals surface area contributed by atoms with E-state index in [0.717, 1.165) is 10.4 Å². The highest BCUT2D eigenvalue weighted by atomic mass is 32.3. The van der Waals surface area contributed by atoms with Crippen LogP contribution in [0.3, 0.4) is 0 Å². The Hall–Kier alpha value is -6.74. The van der Waals surface area contributed by atoms with Crippen molar-refractivity contribution in [1.29, 1.82) is 0 Å². The van der Waals surface area contributed by atoms with E-state index in [9.17, 15) is 52.4 Å². The molecule has 0 aliphatic carbocycles. The van der Waals surface area contributed by atoms with Gasteiger partial charge in [-0.1, -0.05) is 30.3 Å². The van der Waals surface area contributed by atoms with Crippen molar-refractivity contribution in [1.82, 2.24) is 0 Å². The Bertz CT molecular complexity index is 2960. The van der Waals surface area contributed by atoms with Crippen molar-refractivity contribution in [2.75, 3.05) is 37.7 Å². The van der Waals surface area contributed by atoms with Gasteiger partial charge in [-0.25, -0.2) is 9.00 Å². The summed E-state index contributed by atoms with van der Waals surface area (Å²) >= 11 is -2.28. The average Bonchev–Trinajstić information content (AvgIpc) is 3.63. The number of carbonyl (C=O) groups excluding carboxylic acids is 1. The molecule has 0 aromatic heterocycles. The molecule has 6 aromatic rings. The minimum absolute atomic E-state index is 0.00132. The van der Waals surface area contributed by atoms with E-state index in [1.807, 2.05) is 6.07 Å². The first-order valence-corrected chi connectivity index (χ1v) is 22.7. The number of carboxylic acid groups (broad SMARTS) is 1. The zero-order valence-corrected chi connectivity index (χ0v) is 36.0. The normalized spacial score (nSPS) is 15.2. The maximum Gasteiger partial charge on any atom is 0.355 e. The number of fused-ring (bicyclic) bond motifs is 2. The van der Waals surface area contributed by atoms with Gasteiger partial charge in [-0.3, -0.25) is 13.9 Å². The summed E-state index contributed by atoms with van der Waals surface area (Å²) in [5.41, 5.74) is -0.630. The zero-order chi connectivity index (χ0) is 46.4. The predicted molar refractivity (Wildman–Crippen MR) is 241 cm³/mol. The van der Waals surface area contributed by atoms with Crippen molar-refractivity contribution >= 4 is 107 Å². The van der Waals surface area contributed by atoms with Gasteiger partial charge in [-0.2, -0.15) is 30.9 Å². The summed E-state index contributed by atoms with van der Waals surface area (Å²) in [6.07, 6.45) is 1.27. The fourth-order valence-electron chi connectivity index (χ4n) is 6.46. The molecule has 1 aliphatic rings. The van der Waals surface area contributed by atoms with Crippen molar-refractivity contribution in [2.24, 2.45) is 35.8 Å². The highest BCUT2D eigenvalue weighted by Gasteiger charge is 2.41. The van der Waals surface area contributed by atoms with Gasteiger partial charge >= 0.3 is 5.97 Å². The standard InChI is InChI=1S/C41H36N8O13S3/c1-65(59,60)39-28-5-3-2-4-22(28)6-13-29(39)43-44-30-20-33(62-17-15-51)31(21-32(30)61-16-14-50)45-46-35-34(64(57)58)19-23-18-24(7-12-27(23)38(35)52)42-47-36-37(41(54)55)48-49(40(36)53)25-8-10-26(63-56)11-9-25/h2-13,18-21,36,50-52,56,59-60H,14-17H2,1H3,(H,54,55)(H,57,58). The second kappa shape index (κ2) is 20.0. The average molecular weight is 945 g/mol. The lowest BCUT2D eigenvalue weighted by Gasteiger charge is -2.29. The molecule has 7 rings (SSSR count). The van der Waals surface area contributed by atoms with Gasteiger partial charge in [0, 0.05) is 46.1 Å². The Labute approximate surface area is 376 Å². The number of hydrogen-bond acceptors (Lipinski definition) is 19. The number of nitrogens with zero attached hydrogens (tertiary/aromatic N) is 8. The number of benzene rings is 6. The van der Waals surface area contributed by atoms with Crippen LogP contribution >= 0.6 is 22.6 Å². The van der Waals surface area contributed by atoms with Gasteiger partial charge in [0.2, 0.25) is 6.04 Å². The van der Waals surface area contributed by atoms with E-state index in [2.05, 4.69) is 35.8 Å². The number of rotatable bonds is 17. The van der Waals surface area contributed by atoms with E-state index in [-0.39, 0.29) is 68.8 Å². The van der Waals surface area contributed by atoms with Crippen LogP contribution in [-0.4, -0.2) is 99.2 Å². The molecule has 0 saturated carbocycles. The monoisotopic (exact) mass is 944 g/mol. The molecule has 1 amide bonds. The highest BCUT2D eigenvalue weighted by molar-refractivity contribution is 8.24. The molecule has 0 fully saturated rings. The molecule has 8 N–H and O–H groups in total. The molecule has 1 aliphatic heterocycles. The summed E-state index contributed by atoms with van der Waals surface area (Å²) in [5.74, 6) is -2.94. The minimum Gasteiger partial charge on any atom is -0.505 e. The first-order valence-electron chi connectivity index (χ1n) is 18.8. The Balaban J connectivity index is 1.22. The largest absolute Gasteiger partial charge is 0.505 e. The molecule has 1 heterocycles. The summed E-state index contributed by atoms with van der Waals surface area (Å²) in [7, 11) is -3.31. The van der Waals surface area contributed by atoms with Gasteiger partial charge in [-0.15, -0.1) is 20.5 Å². The second-order valence-corrected chi connectivity index (χ2v) is 17.3. The van der Waals surface area contributed by atoms with Gasteiger partial charge in [0.05, 0.1) is 34.4 Å². The van der Waals surface area contributed by atoms with Crippen LogP contribution in [-0.2, 0) is 20.7 Å². The number of amides is 1. The molecule has 0 radical (unpaired) electrons. The van der Waals surface area contributed by atoms with E-state index in [4.69, 9.17) is 9.47 Å². The Morgan fingerprint density at radius 3 is 2.08 bits per heavy atom. The third-order valence-electron chi connectivity index (χ3n) is 9.33. The minimum atomic E-state index is -3.31. The van der Waals surface area contributed by atoms with Gasteiger partial charge in [-0.05, 0) is 65.4 Å². The fourth-order valence-corrected chi connectivity index (χ4v) is 8.36. The van der Waals surface area contributed by atoms with Gasteiger partial charge < -0.3 is 39.0 Å². The predicted octanol–water partition coefficient (Wildman–Crippen LogP) is 9.10. The molecule has 336 valence electrons. The van der Waals surface area contributed by atoms with Crippen molar-refractivity contribution < 1.29 is 61.9 Å². The number of phenols is 1. The van der Waals surface area contributed by atoms with Crippen LogP contribution in [0.2, 0.25) is 0 Å². The third-order valence-corrected chi connectivity index (χ3v) is 11.7. The number of hydrazone groups is 1.